The summed E-state index contributed by atoms with van der Waals surface area (Å²) in [6.07, 6.45) is 3.08. The summed E-state index contributed by atoms with van der Waals surface area (Å²) < 4.78 is 0. The first kappa shape index (κ1) is 14.7. The molecule has 2 heterocycles. The van der Waals surface area contributed by atoms with E-state index in [2.05, 4.69) is 22.2 Å². The lowest BCUT2D eigenvalue weighted by Crippen LogP contribution is -2.33. The SMILES string of the molecule is CCC(C)NC(=O)Cc1sc(-c2ccccn2)nc1C. The summed E-state index contributed by atoms with van der Waals surface area (Å²) in [6, 6.07) is 5.96. The molecule has 1 atom stereocenters. The van der Waals surface area contributed by atoms with Crippen molar-refractivity contribution in [2.24, 2.45) is 0 Å². The number of aromatic nitrogens is 2. The van der Waals surface area contributed by atoms with E-state index in [9.17, 15) is 4.79 Å². The number of carbonyl (C=O) groups is 1. The average molecular weight is 289 g/mol. The van der Waals surface area contributed by atoms with Crippen LogP contribution < -0.4 is 5.32 Å². The van der Waals surface area contributed by atoms with E-state index in [0.29, 0.717) is 6.42 Å². The van der Waals surface area contributed by atoms with Gasteiger partial charge in [0.1, 0.15) is 5.01 Å². The Kier molecular flexibility index (Phi) is 4.84. The third-order valence-electron chi connectivity index (χ3n) is 3.12. The Hall–Kier alpha value is -1.75. The molecule has 0 fully saturated rings. The van der Waals surface area contributed by atoms with Crippen molar-refractivity contribution in [3.8, 4) is 10.7 Å². The molecule has 4 nitrogen and oxygen atoms in total. The van der Waals surface area contributed by atoms with Gasteiger partial charge in [0, 0.05) is 17.1 Å². The fraction of sp³-hybridized carbons (Fsp3) is 0.400. The molecule has 0 saturated carbocycles. The molecule has 1 N–H and O–H groups in total. The van der Waals surface area contributed by atoms with Crippen LogP contribution in [0.3, 0.4) is 0 Å². The lowest BCUT2D eigenvalue weighted by molar-refractivity contribution is -0.121. The number of nitrogens with zero attached hydrogens (tertiary/aromatic N) is 2. The number of pyridine rings is 1. The molecule has 2 aromatic rings. The Bertz CT molecular complexity index is 580. The minimum Gasteiger partial charge on any atom is -0.353 e. The number of amides is 1. The molecule has 106 valence electrons. The highest BCUT2D eigenvalue weighted by molar-refractivity contribution is 7.15. The molecule has 2 rings (SSSR count). The van der Waals surface area contributed by atoms with Crippen LogP contribution in [0.2, 0.25) is 0 Å². The normalized spacial score (nSPS) is 12.2. The fourth-order valence-electron chi connectivity index (χ4n) is 1.76. The minimum atomic E-state index is 0.0543. The van der Waals surface area contributed by atoms with Crippen LogP contribution in [0.15, 0.2) is 24.4 Å². The summed E-state index contributed by atoms with van der Waals surface area (Å²) in [6.45, 7) is 6.01. The Labute approximate surface area is 123 Å². The molecular weight excluding hydrogens is 270 g/mol. The smallest absolute Gasteiger partial charge is 0.225 e. The van der Waals surface area contributed by atoms with Gasteiger partial charge in [-0.05, 0) is 32.4 Å². The summed E-state index contributed by atoms with van der Waals surface area (Å²) in [4.78, 5) is 21.7. The molecule has 0 aliphatic heterocycles. The van der Waals surface area contributed by atoms with Gasteiger partial charge in [0.25, 0.3) is 0 Å². The molecule has 0 aliphatic rings. The van der Waals surface area contributed by atoms with Gasteiger partial charge in [0.15, 0.2) is 0 Å². The predicted molar refractivity (Wildman–Crippen MR) is 81.7 cm³/mol. The van der Waals surface area contributed by atoms with Crippen molar-refractivity contribution in [1.29, 1.82) is 0 Å². The number of rotatable bonds is 5. The van der Waals surface area contributed by atoms with E-state index in [0.717, 1.165) is 27.7 Å². The molecule has 2 aromatic heterocycles. The number of carbonyl (C=O) groups excluding carboxylic acids is 1. The van der Waals surface area contributed by atoms with Gasteiger partial charge in [-0.2, -0.15) is 0 Å². The largest absolute Gasteiger partial charge is 0.353 e. The quantitative estimate of drug-likeness (QED) is 0.920. The molecule has 0 aromatic carbocycles. The van der Waals surface area contributed by atoms with Crippen molar-refractivity contribution in [1.82, 2.24) is 15.3 Å². The first-order valence-electron chi connectivity index (χ1n) is 6.77. The summed E-state index contributed by atoms with van der Waals surface area (Å²) in [5.74, 6) is 0.0543. The highest BCUT2D eigenvalue weighted by Crippen LogP contribution is 2.26. The molecule has 0 aliphatic carbocycles. The van der Waals surface area contributed by atoms with E-state index < -0.39 is 0 Å². The van der Waals surface area contributed by atoms with E-state index in [4.69, 9.17) is 0 Å². The molecule has 1 amide bonds. The van der Waals surface area contributed by atoms with Crippen LogP contribution in [0.4, 0.5) is 0 Å². The van der Waals surface area contributed by atoms with E-state index in [-0.39, 0.29) is 11.9 Å². The number of hydrogen-bond donors (Lipinski definition) is 1. The first-order valence-corrected chi connectivity index (χ1v) is 7.59. The van der Waals surface area contributed by atoms with Crippen molar-refractivity contribution in [3.05, 3.63) is 35.0 Å². The van der Waals surface area contributed by atoms with Gasteiger partial charge in [-0.1, -0.05) is 13.0 Å². The van der Waals surface area contributed by atoms with Crippen LogP contribution in [0.25, 0.3) is 10.7 Å². The summed E-state index contributed by atoms with van der Waals surface area (Å²) in [5.41, 5.74) is 1.77. The third-order valence-corrected chi connectivity index (χ3v) is 4.30. The Morgan fingerprint density at radius 2 is 2.25 bits per heavy atom. The van der Waals surface area contributed by atoms with Gasteiger partial charge in [-0.25, -0.2) is 4.98 Å². The van der Waals surface area contributed by atoms with Crippen LogP contribution in [-0.2, 0) is 11.2 Å². The van der Waals surface area contributed by atoms with Gasteiger partial charge in [-0.15, -0.1) is 11.3 Å². The standard InChI is InChI=1S/C15H19N3OS/c1-4-10(2)17-14(19)9-13-11(3)18-15(20-13)12-7-5-6-8-16-12/h5-8,10H,4,9H2,1-3H3,(H,17,19). The maximum absolute atomic E-state index is 11.9. The van der Waals surface area contributed by atoms with Crippen LogP contribution in [0.5, 0.6) is 0 Å². The van der Waals surface area contributed by atoms with Crippen molar-refractivity contribution in [2.75, 3.05) is 0 Å². The molecule has 0 bridgehead atoms. The second-order valence-electron chi connectivity index (χ2n) is 4.80. The molecule has 1 unspecified atom stereocenters. The number of aryl methyl sites for hydroxylation is 1. The molecule has 0 spiro atoms. The maximum atomic E-state index is 11.9. The summed E-state index contributed by atoms with van der Waals surface area (Å²) in [5, 5.41) is 3.85. The zero-order chi connectivity index (χ0) is 14.5. The number of thiazole rings is 1. The molecule has 0 saturated heterocycles. The van der Waals surface area contributed by atoms with Crippen LogP contribution in [0.1, 0.15) is 30.8 Å². The summed E-state index contributed by atoms with van der Waals surface area (Å²) in [7, 11) is 0. The second kappa shape index (κ2) is 6.61. The minimum absolute atomic E-state index is 0.0543. The second-order valence-corrected chi connectivity index (χ2v) is 5.88. The van der Waals surface area contributed by atoms with E-state index in [1.165, 1.54) is 0 Å². The zero-order valence-corrected chi connectivity index (χ0v) is 12.8. The van der Waals surface area contributed by atoms with Gasteiger partial charge in [0.05, 0.1) is 17.8 Å². The van der Waals surface area contributed by atoms with Gasteiger partial charge < -0.3 is 5.32 Å². The van der Waals surface area contributed by atoms with Gasteiger partial charge >= 0.3 is 0 Å². The third kappa shape index (κ3) is 3.63. The van der Waals surface area contributed by atoms with Crippen molar-refractivity contribution in [3.63, 3.8) is 0 Å². The average Bonchev–Trinajstić information content (AvgIpc) is 2.81. The van der Waals surface area contributed by atoms with Crippen molar-refractivity contribution in [2.45, 2.75) is 39.7 Å². The van der Waals surface area contributed by atoms with Gasteiger partial charge in [-0.3, -0.25) is 9.78 Å². The van der Waals surface area contributed by atoms with Crippen LogP contribution in [0, 0.1) is 6.92 Å². The zero-order valence-electron chi connectivity index (χ0n) is 12.0. The van der Waals surface area contributed by atoms with Crippen LogP contribution in [-0.4, -0.2) is 21.9 Å². The number of nitrogens with one attached hydrogen (secondary N) is 1. The lowest BCUT2D eigenvalue weighted by Gasteiger charge is -2.10. The monoisotopic (exact) mass is 289 g/mol. The van der Waals surface area contributed by atoms with E-state index >= 15 is 0 Å². The Morgan fingerprint density at radius 3 is 2.90 bits per heavy atom. The highest BCUT2D eigenvalue weighted by atomic mass is 32.1. The number of hydrogen-bond acceptors (Lipinski definition) is 4. The predicted octanol–water partition coefficient (Wildman–Crippen LogP) is 2.97. The van der Waals surface area contributed by atoms with E-state index in [1.807, 2.05) is 32.0 Å². The summed E-state index contributed by atoms with van der Waals surface area (Å²) >= 11 is 1.54. The maximum Gasteiger partial charge on any atom is 0.225 e. The Balaban J connectivity index is 2.10. The fourth-order valence-corrected chi connectivity index (χ4v) is 2.80. The first-order chi connectivity index (χ1) is 9.60. The lowest BCUT2D eigenvalue weighted by atomic mass is 10.2. The van der Waals surface area contributed by atoms with Crippen molar-refractivity contribution >= 4 is 17.2 Å². The van der Waals surface area contributed by atoms with E-state index in [1.54, 1.807) is 17.5 Å². The van der Waals surface area contributed by atoms with Gasteiger partial charge in [0.2, 0.25) is 5.91 Å². The topological polar surface area (TPSA) is 54.9 Å². The molecular formula is C15H19N3OS. The highest BCUT2D eigenvalue weighted by Gasteiger charge is 2.14. The molecule has 20 heavy (non-hydrogen) atoms. The molecule has 0 radical (unpaired) electrons. The molecule has 5 heteroatoms. The Morgan fingerprint density at radius 1 is 1.45 bits per heavy atom. The van der Waals surface area contributed by atoms with Crippen molar-refractivity contribution < 1.29 is 4.79 Å². The van der Waals surface area contributed by atoms with Crippen LogP contribution >= 0.6 is 11.3 Å².